The second-order valence-electron chi connectivity index (χ2n) is 5.47. The molecule has 0 aliphatic heterocycles. The van der Waals surface area contributed by atoms with E-state index in [4.69, 9.17) is 16.3 Å². The van der Waals surface area contributed by atoms with Crippen LogP contribution in [-0.4, -0.2) is 29.5 Å². The summed E-state index contributed by atoms with van der Waals surface area (Å²) in [6.07, 6.45) is 5.55. The quantitative estimate of drug-likeness (QED) is 0.685. The van der Waals surface area contributed by atoms with E-state index in [1.165, 1.54) is 18.3 Å². The van der Waals surface area contributed by atoms with Gasteiger partial charge in [0, 0.05) is 12.2 Å². The number of esters is 1. The zero-order chi connectivity index (χ0) is 15.2. The smallest absolute Gasteiger partial charge is 0.340 e. The van der Waals surface area contributed by atoms with Crippen LogP contribution in [0.4, 0.5) is 0 Å². The molecule has 1 heterocycles. The van der Waals surface area contributed by atoms with Gasteiger partial charge in [-0.15, -0.1) is 0 Å². The largest absolute Gasteiger partial charge is 0.452 e. The summed E-state index contributed by atoms with van der Waals surface area (Å²) in [6.45, 7) is 1.95. The molecule has 21 heavy (non-hydrogen) atoms. The summed E-state index contributed by atoms with van der Waals surface area (Å²) in [4.78, 5) is 27.3. The molecule has 5 nitrogen and oxygen atoms in total. The van der Waals surface area contributed by atoms with Crippen molar-refractivity contribution in [3.63, 3.8) is 0 Å². The predicted octanol–water partition coefficient (Wildman–Crippen LogP) is 2.59. The highest BCUT2D eigenvalue weighted by Gasteiger charge is 2.20. The molecule has 1 N–H and O–H groups in total. The highest BCUT2D eigenvalue weighted by molar-refractivity contribution is 6.29. The van der Waals surface area contributed by atoms with Gasteiger partial charge in [0.15, 0.2) is 6.61 Å². The lowest BCUT2D eigenvalue weighted by atomic mass is 9.87. The van der Waals surface area contributed by atoms with Crippen molar-refractivity contribution in [1.82, 2.24) is 10.3 Å². The fourth-order valence-electron chi connectivity index (χ4n) is 2.38. The second-order valence-corrected chi connectivity index (χ2v) is 5.86. The maximum absolute atomic E-state index is 11.8. The molecule has 0 bridgehead atoms. The molecule has 1 aromatic rings. The number of nitrogens with one attached hydrogen (secondary N) is 1. The van der Waals surface area contributed by atoms with Crippen LogP contribution in [0.25, 0.3) is 0 Å². The van der Waals surface area contributed by atoms with Crippen LogP contribution in [0.2, 0.25) is 5.15 Å². The summed E-state index contributed by atoms with van der Waals surface area (Å²) < 4.78 is 4.96. The number of rotatable bonds is 4. The van der Waals surface area contributed by atoms with Gasteiger partial charge in [-0.05, 0) is 43.7 Å². The number of aromatic nitrogens is 1. The van der Waals surface area contributed by atoms with Crippen LogP contribution in [-0.2, 0) is 9.53 Å². The van der Waals surface area contributed by atoms with Gasteiger partial charge in [0.05, 0.1) is 5.56 Å². The van der Waals surface area contributed by atoms with Gasteiger partial charge in [-0.2, -0.15) is 0 Å². The number of hydrogen-bond acceptors (Lipinski definition) is 4. The van der Waals surface area contributed by atoms with Crippen LogP contribution in [0.1, 0.15) is 43.0 Å². The molecule has 0 saturated heterocycles. The molecular formula is C15H19ClN2O3. The molecule has 2 rings (SSSR count). The maximum atomic E-state index is 11.8. The first-order chi connectivity index (χ1) is 10.0. The minimum Gasteiger partial charge on any atom is -0.452 e. The van der Waals surface area contributed by atoms with E-state index < -0.39 is 5.97 Å². The molecule has 0 aromatic carbocycles. The van der Waals surface area contributed by atoms with E-state index in [9.17, 15) is 9.59 Å². The monoisotopic (exact) mass is 310 g/mol. The number of carbonyl (C=O) groups excluding carboxylic acids is 2. The van der Waals surface area contributed by atoms with Gasteiger partial charge in [-0.25, -0.2) is 9.78 Å². The van der Waals surface area contributed by atoms with Gasteiger partial charge in [0.25, 0.3) is 5.91 Å². The molecule has 6 heteroatoms. The predicted molar refractivity (Wildman–Crippen MR) is 79.1 cm³/mol. The first-order valence-corrected chi connectivity index (χ1v) is 7.50. The van der Waals surface area contributed by atoms with Gasteiger partial charge in [-0.1, -0.05) is 18.5 Å². The van der Waals surface area contributed by atoms with E-state index in [1.807, 2.05) is 0 Å². The summed E-state index contributed by atoms with van der Waals surface area (Å²) in [5, 5.41) is 3.20. The molecule has 1 fully saturated rings. The third-order valence-corrected chi connectivity index (χ3v) is 3.90. The summed E-state index contributed by atoms with van der Waals surface area (Å²) >= 11 is 5.64. The molecule has 114 valence electrons. The highest BCUT2D eigenvalue weighted by Crippen LogP contribution is 2.23. The van der Waals surface area contributed by atoms with Crippen LogP contribution in [0, 0.1) is 5.92 Å². The van der Waals surface area contributed by atoms with E-state index in [1.54, 1.807) is 0 Å². The Hall–Kier alpha value is -1.62. The second kappa shape index (κ2) is 7.41. The van der Waals surface area contributed by atoms with Crippen molar-refractivity contribution in [3.8, 4) is 0 Å². The molecule has 0 unspecified atom stereocenters. The first kappa shape index (κ1) is 15.8. The first-order valence-electron chi connectivity index (χ1n) is 7.12. The summed E-state index contributed by atoms with van der Waals surface area (Å²) in [5.41, 5.74) is 0.277. The Morgan fingerprint density at radius 1 is 1.33 bits per heavy atom. The van der Waals surface area contributed by atoms with Gasteiger partial charge < -0.3 is 10.1 Å². The van der Waals surface area contributed by atoms with Crippen LogP contribution >= 0.6 is 11.6 Å². The molecule has 1 aliphatic carbocycles. The van der Waals surface area contributed by atoms with E-state index in [0.29, 0.717) is 5.15 Å². The Kier molecular flexibility index (Phi) is 5.56. The summed E-state index contributed by atoms with van der Waals surface area (Å²) in [7, 11) is 0. The molecular weight excluding hydrogens is 292 g/mol. The Morgan fingerprint density at radius 2 is 2.05 bits per heavy atom. The van der Waals surface area contributed by atoms with Crippen molar-refractivity contribution in [3.05, 3.63) is 29.0 Å². The van der Waals surface area contributed by atoms with Crippen molar-refractivity contribution in [2.75, 3.05) is 6.61 Å². The van der Waals surface area contributed by atoms with Crippen LogP contribution in [0.5, 0.6) is 0 Å². The summed E-state index contributed by atoms with van der Waals surface area (Å²) in [5.74, 6) is -0.107. The fourth-order valence-corrected chi connectivity index (χ4v) is 2.50. The van der Waals surface area contributed by atoms with Crippen molar-refractivity contribution in [2.24, 2.45) is 5.92 Å². The van der Waals surface area contributed by atoms with Crippen LogP contribution in [0.15, 0.2) is 18.3 Å². The van der Waals surface area contributed by atoms with Crippen LogP contribution < -0.4 is 5.32 Å². The lowest BCUT2D eigenvalue weighted by Crippen LogP contribution is -2.39. The minimum atomic E-state index is -0.577. The Bertz CT molecular complexity index is 496. The molecule has 0 atom stereocenters. The van der Waals surface area contributed by atoms with Gasteiger partial charge in [0.1, 0.15) is 5.15 Å². The molecule has 0 spiro atoms. The number of pyridine rings is 1. The highest BCUT2D eigenvalue weighted by atomic mass is 35.5. The van der Waals surface area contributed by atoms with Crippen molar-refractivity contribution in [2.45, 2.75) is 38.6 Å². The van der Waals surface area contributed by atoms with Crippen molar-refractivity contribution in [1.29, 1.82) is 0 Å². The molecule has 1 aliphatic rings. The Morgan fingerprint density at radius 3 is 2.67 bits per heavy atom. The molecule has 1 saturated carbocycles. The van der Waals surface area contributed by atoms with Gasteiger partial charge in [-0.3, -0.25) is 4.79 Å². The number of amides is 1. The van der Waals surface area contributed by atoms with Gasteiger partial charge in [0.2, 0.25) is 0 Å². The lowest BCUT2D eigenvalue weighted by Gasteiger charge is -2.26. The van der Waals surface area contributed by atoms with E-state index in [-0.39, 0.29) is 24.1 Å². The minimum absolute atomic E-state index is 0.199. The van der Waals surface area contributed by atoms with Crippen molar-refractivity contribution >= 4 is 23.5 Å². The van der Waals surface area contributed by atoms with E-state index >= 15 is 0 Å². The maximum Gasteiger partial charge on any atom is 0.340 e. The van der Waals surface area contributed by atoms with Crippen LogP contribution in [0.3, 0.4) is 0 Å². The third kappa shape index (κ3) is 5.01. The topological polar surface area (TPSA) is 68.3 Å². The van der Waals surface area contributed by atoms with E-state index in [0.717, 1.165) is 31.6 Å². The number of carbonyl (C=O) groups is 2. The average Bonchev–Trinajstić information content (AvgIpc) is 2.48. The normalized spacial score (nSPS) is 21.6. The molecule has 1 amide bonds. The van der Waals surface area contributed by atoms with E-state index in [2.05, 4.69) is 17.2 Å². The number of hydrogen-bond donors (Lipinski definition) is 1. The van der Waals surface area contributed by atoms with Gasteiger partial charge >= 0.3 is 5.97 Å². The zero-order valence-corrected chi connectivity index (χ0v) is 12.7. The lowest BCUT2D eigenvalue weighted by molar-refractivity contribution is -0.125. The zero-order valence-electron chi connectivity index (χ0n) is 12.0. The average molecular weight is 311 g/mol. The Labute approximate surface area is 129 Å². The number of halogens is 1. The third-order valence-electron chi connectivity index (χ3n) is 3.68. The van der Waals surface area contributed by atoms with Crippen molar-refractivity contribution < 1.29 is 14.3 Å². The number of nitrogens with zero attached hydrogens (tertiary/aromatic N) is 1. The molecule has 0 radical (unpaired) electrons. The standard InChI is InChI=1S/C15H19ClN2O3/c1-10-2-5-12(6-3-10)18-14(19)9-21-15(20)11-4-7-13(16)17-8-11/h4,7-8,10,12H,2-3,5-6,9H2,1H3,(H,18,19). The number of ether oxygens (including phenoxy) is 1. The fraction of sp³-hybridized carbons (Fsp3) is 0.533. The SMILES string of the molecule is CC1CCC(NC(=O)COC(=O)c2ccc(Cl)nc2)CC1. The molecule has 1 aromatic heterocycles. The summed E-state index contributed by atoms with van der Waals surface area (Å²) in [6, 6.07) is 3.21. The Balaban J connectivity index is 1.73.